The smallest absolute Gasteiger partial charge is 0.335 e. The van der Waals surface area contributed by atoms with Crippen LogP contribution in [-0.2, 0) is 27.2 Å². The third-order valence-corrected chi connectivity index (χ3v) is 17.5. The molecule has 0 amide bonds. The van der Waals surface area contributed by atoms with Gasteiger partial charge in [0.25, 0.3) is 5.56 Å². The zero-order valence-electron chi connectivity index (χ0n) is 23.4. The van der Waals surface area contributed by atoms with Crippen molar-refractivity contribution in [3.63, 3.8) is 0 Å². The van der Waals surface area contributed by atoms with Crippen molar-refractivity contribution in [3.05, 3.63) is 44.8 Å². The fourth-order valence-electron chi connectivity index (χ4n) is 5.38. The minimum Gasteiger partial charge on any atom is -0.463 e. The van der Waals surface area contributed by atoms with Crippen molar-refractivity contribution in [1.29, 1.82) is 0 Å². The third kappa shape index (κ3) is 5.64. The predicted molar refractivity (Wildman–Crippen MR) is 144 cm³/mol. The van der Waals surface area contributed by atoms with Gasteiger partial charge >= 0.3 is 28.8 Å². The zero-order chi connectivity index (χ0) is 27.7. The number of H-pyrrole nitrogens is 1. The lowest BCUT2D eigenvalue weighted by Crippen LogP contribution is -2.65. The molecule has 10 nitrogen and oxygen atoms in total. The normalized spacial score (nSPS) is 26.5. The molecule has 1 N–H and O–H groups in total. The second kappa shape index (κ2) is 11.5. The highest BCUT2D eigenvalue weighted by Crippen LogP contribution is 2.49. The predicted octanol–water partition coefficient (Wildman–Crippen LogP) is 3.88. The fraction of sp³-hybridized carbons (Fsp3) is 0.720. The van der Waals surface area contributed by atoms with Crippen LogP contribution in [0.25, 0.3) is 0 Å². The van der Waals surface area contributed by atoms with Crippen molar-refractivity contribution in [2.75, 3.05) is 13.2 Å². The number of fused-ring (bicyclic) bond motifs is 1. The largest absolute Gasteiger partial charge is 0.463 e. The summed E-state index contributed by atoms with van der Waals surface area (Å²) in [6.45, 7) is 19.1. The van der Waals surface area contributed by atoms with Crippen LogP contribution in [0.15, 0.2) is 33.5 Å². The van der Waals surface area contributed by atoms with Gasteiger partial charge in [0.1, 0.15) is 12.2 Å². The molecule has 0 saturated carbocycles. The highest BCUT2D eigenvalue weighted by atomic mass is 28.5. The maximum absolute atomic E-state index is 12.8. The highest BCUT2D eigenvalue weighted by molar-refractivity contribution is 6.84. The molecule has 2 saturated heterocycles. The maximum atomic E-state index is 12.8. The molecule has 0 aliphatic carbocycles. The van der Waals surface area contributed by atoms with Crippen molar-refractivity contribution >= 4 is 23.1 Å². The van der Waals surface area contributed by atoms with E-state index in [1.165, 1.54) is 22.9 Å². The highest BCUT2D eigenvalue weighted by Gasteiger charge is 2.61. The molecule has 3 atom stereocenters. The topological polar surface area (TPSA) is 118 Å². The molecule has 12 heteroatoms. The van der Waals surface area contributed by atoms with E-state index in [1.54, 1.807) is 6.92 Å². The van der Waals surface area contributed by atoms with E-state index in [-0.39, 0.29) is 35.4 Å². The van der Waals surface area contributed by atoms with Crippen LogP contribution in [0.4, 0.5) is 0 Å². The summed E-state index contributed by atoms with van der Waals surface area (Å²) in [7, 11) is -5.81. The SMILES string of the molecule is CCOC(=O)/C=C1\[C@H]2O[Si](C(C)C)(C(C)C)O[Si](C(C)C)(C(C)C)OC[C@@H]2O[C@H]1n1ccc(=O)[nH]c1=O. The van der Waals surface area contributed by atoms with Gasteiger partial charge < -0.3 is 22.4 Å². The Labute approximate surface area is 220 Å². The van der Waals surface area contributed by atoms with E-state index >= 15 is 0 Å². The van der Waals surface area contributed by atoms with Crippen molar-refractivity contribution in [2.45, 2.75) is 103 Å². The van der Waals surface area contributed by atoms with Gasteiger partial charge in [-0.2, -0.15) is 0 Å². The maximum Gasteiger partial charge on any atom is 0.335 e. The molecule has 1 aromatic heterocycles. The molecule has 0 spiro atoms. The number of nitrogens with one attached hydrogen (secondary N) is 1. The molecule has 208 valence electrons. The van der Waals surface area contributed by atoms with Crippen molar-refractivity contribution < 1.29 is 27.2 Å². The van der Waals surface area contributed by atoms with Gasteiger partial charge in [0.05, 0.1) is 13.2 Å². The molecule has 3 heterocycles. The van der Waals surface area contributed by atoms with Crippen LogP contribution < -0.4 is 11.2 Å². The number of esters is 1. The molecule has 3 rings (SSSR count). The number of rotatable bonds is 7. The lowest BCUT2D eigenvalue weighted by atomic mass is 10.1. The van der Waals surface area contributed by atoms with Crippen molar-refractivity contribution in [2.24, 2.45) is 0 Å². The van der Waals surface area contributed by atoms with E-state index in [4.69, 9.17) is 22.4 Å². The van der Waals surface area contributed by atoms with Gasteiger partial charge in [0.2, 0.25) is 0 Å². The minimum absolute atomic E-state index is 0.0675. The minimum atomic E-state index is -3.01. The summed E-state index contributed by atoms with van der Waals surface area (Å²) in [6.07, 6.45) is 0.426. The first-order valence-corrected chi connectivity index (χ1v) is 17.1. The molecule has 0 bridgehead atoms. The van der Waals surface area contributed by atoms with Crippen molar-refractivity contribution in [1.82, 2.24) is 9.55 Å². The summed E-state index contributed by atoms with van der Waals surface area (Å²) >= 11 is 0. The summed E-state index contributed by atoms with van der Waals surface area (Å²) in [5.74, 6) is -0.564. The number of carbonyl (C=O) groups excluding carboxylic acids is 1. The van der Waals surface area contributed by atoms with E-state index in [0.29, 0.717) is 5.57 Å². The monoisotopic (exact) mass is 554 g/mol. The number of ether oxygens (including phenoxy) is 2. The van der Waals surface area contributed by atoms with E-state index in [0.717, 1.165) is 0 Å². The number of aromatic nitrogens is 2. The van der Waals surface area contributed by atoms with E-state index in [2.05, 4.69) is 60.4 Å². The Kier molecular flexibility index (Phi) is 9.24. The van der Waals surface area contributed by atoms with Crippen molar-refractivity contribution in [3.8, 4) is 0 Å². The molecule has 2 aliphatic heterocycles. The molecule has 2 aliphatic rings. The number of nitrogens with zero attached hydrogens (tertiary/aromatic N) is 1. The van der Waals surface area contributed by atoms with Crippen LogP contribution in [0, 0.1) is 0 Å². The Morgan fingerprint density at radius 3 is 2.19 bits per heavy atom. The van der Waals surface area contributed by atoms with Crippen LogP contribution in [0.3, 0.4) is 0 Å². The summed E-state index contributed by atoms with van der Waals surface area (Å²) in [5.41, 5.74) is -0.286. The van der Waals surface area contributed by atoms with Gasteiger partial charge in [-0.1, -0.05) is 55.4 Å². The van der Waals surface area contributed by atoms with E-state index < -0.39 is 52.8 Å². The molecule has 1 aromatic rings. The Morgan fingerprint density at radius 2 is 1.68 bits per heavy atom. The van der Waals surface area contributed by atoms with Gasteiger partial charge in [-0.3, -0.25) is 14.3 Å². The standard InChI is InChI=1S/C25H42N2O8Si2/c1-10-31-22(29)13-19-23-20(33-24(19)27-12-11-21(28)26-25(27)30)14-32-36(15(2)3,16(4)5)35-37(34-23,17(6)7)18(8)9/h11-13,15-18,20,23-24H,10,14H2,1-9H3,(H,26,28,30)/b19-13+/t20-,23+,24+/m0/s1. The number of aromatic amines is 1. The second-order valence-electron chi connectivity index (χ2n) is 11.0. The van der Waals surface area contributed by atoms with E-state index in [9.17, 15) is 14.4 Å². The van der Waals surface area contributed by atoms with Gasteiger partial charge in [0, 0.05) is 23.9 Å². The van der Waals surface area contributed by atoms with Gasteiger partial charge in [-0.05, 0) is 29.1 Å². The van der Waals surface area contributed by atoms with Crippen LogP contribution in [-0.4, -0.2) is 58.1 Å². The quantitative estimate of drug-likeness (QED) is 0.307. The number of hydrogen-bond donors (Lipinski definition) is 1. The molecule has 2 fully saturated rings. The lowest BCUT2D eigenvalue weighted by molar-refractivity contribution is -0.137. The zero-order valence-corrected chi connectivity index (χ0v) is 25.4. The molecular weight excluding hydrogens is 512 g/mol. The van der Waals surface area contributed by atoms with Gasteiger partial charge in [-0.25, -0.2) is 9.59 Å². The third-order valence-electron chi connectivity index (χ3n) is 7.25. The first-order valence-electron chi connectivity index (χ1n) is 13.2. The Morgan fingerprint density at radius 1 is 1.08 bits per heavy atom. The number of hydrogen-bond acceptors (Lipinski definition) is 8. The molecule has 37 heavy (non-hydrogen) atoms. The first kappa shape index (κ1) is 29.7. The first-order chi connectivity index (χ1) is 17.3. The summed E-state index contributed by atoms with van der Waals surface area (Å²) in [6, 6.07) is 1.24. The fourth-order valence-corrected chi connectivity index (χ4v) is 16.6. The molecular formula is C25H42N2O8Si2. The average Bonchev–Trinajstić information content (AvgIpc) is 3.09. The molecule has 0 radical (unpaired) electrons. The molecule has 0 unspecified atom stereocenters. The number of carbonyl (C=O) groups is 1. The summed E-state index contributed by atoms with van der Waals surface area (Å²) in [5, 5.41) is 0. The average molecular weight is 555 g/mol. The van der Waals surface area contributed by atoms with E-state index in [1.807, 2.05) is 0 Å². The second-order valence-corrected chi connectivity index (χ2v) is 19.8. The Balaban J connectivity index is 2.22. The van der Waals surface area contributed by atoms with Crippen LogP contribution >= 0.6 is 0 Å². The summed E-state index contributed by atoms with van der Waals surface area (Å²) in [4.78, 5) is 39.4. The Hall–Kier alpha value is -1.84. The van der Waals surface area contributed by atoms with Crippen LogP contribution in [0.1, 0.15) is 68.5 Å². The van der Waals surface area contributed by atoms with Gasteiger partial charge in [0.15, 0.2) is 6.23 Å². The van der Waals surface area contributed by atoms with Gasteiger partial charge in [-0.15, -0.1) is 0 Å². The lowest BCUT2D eigenvalue weighted by Gasteiger charge is -2.51. The van der Waals surface area contributed by atoms with Crippen LogP contribution in [0.2, 0.25) is 22.2 Å². The van der Waals surface area contributed by atoms with Crippen LogP contribution in [0.5, 0.6) is 0 Å². The summed E-state index contributed by atoms with van der Waals surface area (Å²) < 4.78 is 33.9. The molecule has 0 aromatic carbocycles. The Bertz CT molecular complexity index is 1090.